The molecule has 8 aromatic rings. The lowest BCUT2D eigenvalue weighted by Gasteiger charge is -2.29. The first-order valence-corrected chi connectivity index (χ1v) is 20.0. The summed E-state index contributed by atoms with van der Waals surface area (Å²) in [5.41, 5.74) is 20.1. The number of rotatable bonds is 4. The minimum absolute atomic E-state index is 0.127. The number of anilines is 3. The summed E-state index contributed by atoms with van der Waals surface area (Å²) >= 11 is 0. The number of nitrogens with zero attached hydrogens (tertiary/aromatic N) is 2. The molecule has 0 unspecified atom stereocenters. The highest BCUT2D eigenvalue weighted by Gasteiger charge is 2.40. The highest BCUT2D eigenvalue weighted by atomic mass is 15.2. The first-order chi connectivity index (χ1) is 27.0. The third kappa shape index (κ3) is 4.41. The number of pyridine rings is 1. The van der Waals surface area contributed by atoms with Crippen LogP contribution in [0.5, 0.6) is 0 Å². The molecule has 1 aromatic heterocycles. The molecule has 0 fully saturated rings. The summed E-state index contributed by atoms with van der Waals surface area (Å²) < 4.78 is 0. The van der Waals surface area contributed by atoms with Crippen molar-refractivity contribution in [3.8, 4) is 44.6 Å². The number of fused-ring (bicyclic) bond motifs is 10. The lowest BCUT2D eigenvalue weighted by molar-refractivity contribution is 0.660. The monoisotopic (exact) mass is 720 g/mol. The van der Waals surface area contributed by atoms with Gasteiger partial charge in [0.15, 0.2) is 0 Å². The third-order valence-electron chi connectivity index (χ3n) is 13.5. The summed E-state index contributed by atoms with van der Waals surface area (Å²) in [7, 11) is 0. The molecule has 2 heteroatoms. The van der Waals surface area contributed by atoms with Crippen LogP contribution in [0.4, 0.5) is 17.2 Å². The Morgan fingerprint density at radius 2 is 0.857 bits per heavy atom. The number of hydrogen-bond acceptors (Lipinski definition) is 2. The van der Waals surface area contributed by atoms with Crippen LogP contribution in [0.1, 0.15) is 74.9 Å². The normalized spacial score (nSPS) is 15.8. The lowest BCUT2D eigenvalue weighted by Crippen LogP contribution is -2.18. The molecule has 0 saturated carbocycles. The van der Waals surface area contributed by atoms with E-state index in [1.54, 1.807) is 0 Å². The maximum absolute atomic E-state index is 5.71. The Morgan fingerprint density at radius 1 is 0.375 bits per heavy atom. The van der Waals surface area contributed by atoms with Crippen LogP contribution in [0, 0.1) is 0 Å². The Balaban J connectivity index is 1.15. The third-order valence-corrected chi connectivity index (χ3v) is 13.5. The van der Waals surface area contributed by atoms with Crippen molar-refractivity contribution in [1.82, 2.24) is 4.98 Å². The zero-order valence-electron chi connectivity index (χ0n) is 32.9. The van der Waals surface area contributed by atoms with Gasteiger partial charge in [-0.3, -0.25) is 4.90 Å². The van der Waals surface area contributed by atoms with Crippen molar-refractivity contribution in [2.24, 2.45) is 0 Å². The fourth-order valence-electron chi connectivity index (χ4n) is 10.5. The van der Waals surface area contributed by atoms with Gasteiger partial charge in [0.25, 0.3) is 0 Å². The highest BCUT2D eigenvalue weighted by Crippen LogP contribution is 2.56. The van der Waals surface area contributed by atoms with Crippen LogP contribution in [-0.2, 0) is 16.2 Å². The molecule has 0 amide bonds. The minimum atomic E-state index is -0.131. The number of hydrogen-bond donors (Lipinski definition) is 0. The van der Waals surface area contributed by atoms with Gasteiger partial charge >= 0.3 is 0 Å². The maximum atomic E-state index is 5.71. The molecule has 0 saturated heterocycles. The van der Waals surface area contributed by atoms with Crippen molar-refractivity contribution in [3.63, 3.8) is 0 Å². The first-order valence-electron chi connectivity index (χ1n) is 20.0. The van der Waals surface area contributed by atoms with Gasteiger partial charge in [0, 0.05) is 33.2 Å². The van der Waals surface area contributed by atoms with Gasteiger partial charge in [-0.15, -0.1) is 0 Å². The average Bonchev–Trinajstić information content (AvgIpc) is 3.69. The molecule has 11 rings (SSSR count). The van der Waals surface area contributed by atoms with Crippen molar-refractivity contribution < 1.29 is 0 Å². The minimum Gasteiger partial charge on any atom is -0.295 e. The van der Waals surface area contributed by atoms with Gasteiger partial charge in [-0.2, -0.15) is 0 Å². The Hall–Kier alpha value is -6.25. The predicted octanol–water partition coefficient (Wildman–Crippen LogP) is 14.3. The summed E-state index contributed by atoms with van der Waals surface area (Å²) in [6, 6.07) is 58.7. The summed E-state index contributed by atoms with van der Waals surface area (Å²) in [5.74, 6) is 0.899. The van der Waals surface area contributed by atoms with E-state index in [-0.39, 0.29) is 16.2 Å². The Kier molecular flexibility index (Phi) is 6.74. The second-order valence-corrected chi connectivity index (χ2v) is 17.6. The molecule has 2 nitrogen and oxygen atoms in total. The van der Waals surface area contributed by atoms with E-state index in [0.717, 1.165) is 22.9 Å². The van der Waals surface area contributed by atoms with Crippen LogP contribution in [0.2, 0.25) is 0 Å². The number of benzene rings is 7. The molecule has 270 valence electrons. The topological polar surface area (TPSA) is 16.1 Å². The van der Waals surface area contributed by atoms with Crippen molar-refractivity contribution in [1.29, 1.82) is 0 Å². The molecule has 0 atom stereocenters. The van der Waals surface area contributed by atoms with Gasteiger partial charge in [0.1, 0.15) is 5.82 Å². The van der Waals surface area contributed by atoms with E-state index in [2.05, 4.69) is 204 Å². The number of aromatic nitrogens is 1. The average molecular weight is 721 g/mol. The van der Waals surface area contributed by atoms with Crippen LogP contribution in [0.25, 0.3) is 55.4 Å². The summed E-state index contributed by atoms with van der Waals surface area (Å²) in [6.07, 6.45) is 0. The molecule has 0 aliphatic heterocycles. The second-order valence-electron chi connectivity index (χ2n) is 17.6. The predicted molar refractivity (Wildman–Crippen MR) is 235 cm³/mol. The van der Waals surface area contributed by atoms with Crippen LogP contribution < -0.4 is 4.90 Å². The lowest BCUT2D eigenvalue weighted by atomic mass is 9.81. The Labute approximate surface area is 330 Å². The van der Waals surface area contributed by atoms with E-state index >= 15 is 0 Å². The Morgan fingerprint density at radius 3 is 1.46 bits per heavy atom. The molecule has 0 N–H and O–H groups in total. The van der Waals surface area contributed by atoms with E-state index in [9.17, 15) is 0 Å². The van der Waals surface area contributed by atoms with E-state index in [1.807, 2.05) is 0 Å². The van der Waals surface area contributed by atoms with Gasteiger partial charge in [-0.1, -0.05) is 157 Å². The smallest absolute Gasteiger partial charge is 0.138 e. The van der Waals surface area contributed by atoms with E-state index in [4.69, 9.17) is 4.98 Å². The molecule has 3 aliphatic rings. The standard InChI is InChI=1S/C54H44N2/c1-52(2)42-21-12-9-18-37(42)39-28-26-34(31-45(39)52)56(35-27-29-40-38-19-10-13-22-43(38)53(3,4)46(40)32-35)49-25-15-24-48(55-49)51-36-17-8-7-16-33(36)30-47-50(51)41-20-11-14-23-44(41)54(47,5)6/h7-32H,1-6H3. The fourth-order valence-corrected chi connectivity index (χ4v) is 10.5. The van der Waals surface area contributed by atoms with Gasteiger partial charge in [-0.05, 0) is 120 Å². The van der Waals surface area contributed by atoms with Gasteiger partial charge < -0.3 is 0 Å². The van der Waals surface area contributed by atoms with Crippen LogP contribution >= 0.6 is 0 Å². The molecular weight excluding hydrogens is 677 g/mol. The molecule has 0 bridgehead atoms. The molecular formula is C54H44N2. The molecule has 56 heavy (non-hydrogen) atoms. The van der Waals surface area contributed by atoms with Crippen LogP contribution in [0.3, 0.4) is 0 Å². The zero-order valence-corrected chi connectivity index (χ0v) is 32.9. The Bertz CT molecular complexity index is 2850. The maximum Gasteiger partial charge on any atom is 0.138 e. The summed E-state index contributed by atoms with van der Waals surface area (Å²) in [4.78, 5) is 8.10. The SMILES string of the molecule is CC1(C)c2ccccc2-c2ccc(N(c3ccc4c(c3)C(C)(C)c3ccccc3-4)c3cccc(-c4c5c(cc6ccccc46)C(C)(C)c4ccccc4-5)n3)cc21. The second kappa shape index (κ2) is 11.4. The van der Waals surface area contributed by atoms with Crippen molar-refractivity contribution in [3.05, 3.63) is 191 Å². The van der Waals surface area contributed by atoms with Gasteiger partial charge in [0.2, 0.25) is 0 Å². The van der Waals surface area contributed by atoms with E-state index < -0.39 is 0 Å². The highest BCUT2D eigenvalue weighted by molar-refractivity contribution is 6.07. The van der Waals surface area contributed by atoms with Gasteiger partial charge in [-0.25, -0.2) is 4.98 Å². The van der Waals surface area contributed by atoms with Crippen LogP contribution in [0.15, 0.2) is 158 Å². The summed E-state index contributed by atoms with van der Waals surface area (Å²) in [5, 5.41) is 2.47. The van der Waals surface area contributed by atoms with Gasteiger partial charge in [0.05, 0.1) is 5.69 Å². The molecule has 7 aromatic carbocycles. The molecule has 0 spiro atoms. The molecule has 1 heterocycles. The first kappa shape index (κ1) is 33.1. The van der Waals surface area contributed by atoms with Crippen molar-refractivity contribution in [2.75, 3.05) is 4.90 Å². The summed E-state index contributed by atoms with van der Waals surface area (Å²) in [6.45, 7) is 14.2. The van der Waals surface area contributed by atoms with E-state index in [0.29, 0.717) is 0 Å². The molecule has 0 radical (unpaired) electrons. The van der Waals surface area contributed by atoms with E-state index in [1.165, 1.54) is 83.1 Å². The van der Waals surface area contributed by atoms with Crippen LogP contribution in [-0.4, -0.2) is 4.98 Å². The largest absolute Gasteiger partial charge is 0.295 e. The molecule has 3 aliphatic carbocycles. The quantitative estimate of drug-likeness (QED) is 0.180. The van der Waals surface area contributed by atoms with Crippen molar-refractivity contribution >= 4 is 28.0 Å². The fraction of sp³-hybridized carbons (Fsp3) is 0.167. The zero-order chi connectivity index (χ0) is 38.1. The van der Waals surface area contributed by atoms with Crippen molar-refractivity contribution in [2.45, 2.75) is 57.8 Å².